The standard InChI is InChI=1S/C29H27ClFN7O3/c1-40-19-11-17(35-29(39)21-9-16(30)7-8-26(21)41-2)10-18(12-19)38-25-13-23(27-33-15-34-37-27)32-14-24(25)36-28(38)20-5-3-4-6-22(20)31/h3-9,13-15,17-19H,10-12H2,1-2H3,(H,35,39)(H,33,34,37)/t17-,18+,19+/m1/s1. The second-order valence-electron chi connectivity index (χ2n) is 9.91. The Labute approximate surface area is 239 Å². The number of ether oxygens (including phenoxy) is 2. The van der Waals surface area contributed by atoms with Crippen molar-refractivity contribution in [1.82, 2.24) is 35.0 Å². The molecule has 0 bridgehead atoms. The first-order valence-electron chi connectivity index (χ1n) is 13.1. The molecule has 3 heterocycles. The van der Waals surface area contributed by atoms with Crippen molar-refractivity contribution in [2.24, 2.45) is 0 Å². The number of carbonyl (C=O) groups is 1. The van der Waals surface area contributed by atoms with E-state index >= 15 is 4.39 Å². The van der Waals surface area contributed by atoms with Crippen molar-refractivity contribution in [2.45, 2.75) is 37.5 Å². The van der Waals surface area contributed by atoms with E-state index in [1.807, 2.05) is 10.6 Å². The Kier molecular flexibility index (Phi) is 7.38. The third-order valence-electron chi connectivity index (χ3n) is 7.43. The number of benzene rings is 2. The number of nitrogens with zero attached hydrogens (tertiary/aromatic N) is 5. The van der Waals surface area contributed by atoms with Crippen LogP contribution in [-0.4, -0.2) is 62.0 Å². The predicted molar refractivity (Wildman–Crippen MR) is 151 cm³/mol. The first-order valence-corrected chi connectivity index (χ1v) is 13.5. The fourth-order valence-corrected chi connectivity index (χ4v) is 5.71. The molecule has 2 N–H and O–H groups in total. The van der Waals surface area contributed by atoms with Gasteiger partial charge in [0.05, 0.1) is 36.1 Å². The Bertz CT molecular complexity index is 1710. The summed E-state index contributed by atoms with van der Waals surface area (Å²) in [5, 5.41) is 10.4. The molecule has 6 rings (SSSR count). The van der Waals surface area contributed by atoms with E-state index in [0.29, 0.717) is 64.0 Å². The summed E-state index contributed by atoms with van der Waals surface area (Å²) in [6, 6.07) is 12.9. The first kappa shape index (κ1) is 26.9. The molecule has 1 fully saturated rings. The molecule has 41 heavy (non-hydrogen) atoms. The van der Waals surface area contributed by atoms with Crippen molar-refractivity contribution < 1.29 is 18.7 Å². The lowest BCUT2D eigenvalue weighted by Crippen LogP contribution is -2.43. The zero-order chi connectivity index (χ0) is 28.5. The van der Waals surface area contributed by atoms with Crippen LogP contribution in [0, 0.1) is 5.82 Å². The molecule has 1 aliphatic carbocycles. The summed E-state index contributed by atoms with van der Waals surface area (Å²) >= 11 is 6.18. The van der Waals surface area contributed by atoms with Gasteiger partial charge in [0.1, 0.15) is 34.9 Å². The molecule has 1 saturated carbocycles. The number of nitrogens with one attached hydrogen (secondary N) is 2. The van der Waals surface area contributed by atoms with Crippen LogP contribution < -0.4 is 10.1 Å². The molecule has 1 aliphatic rings. The van der Waals surface area contributed by atoms with Crippen molar-refractivity contribution in [3.63, 3.8) is 0 Å². The number of halogens is 2. The zero-order valence-electron chi connectivity index (χ0n) is 22.3. The smallest absolute Gasteiger partial charge is 0.255 e. The average molecular weight is 576 g/mol. The van der Waals surface area contributed by atoms with Crippen LogP contribution in [0.25, 0.3) is 33.9 Å². The number of methoxy groups -OCH3 is 2. The van der Waals surface area contributed by atoms with E-state index in [-0.39, 0.29) is 29.9 Å². The van der Waals surface area contributed by atoms with Gasteiger partial charge in [-0.3, -0.25) is 14.9 Å². The molecule has 0 spiro atoms. The van der Waals surface area contributed by atoms with Crippen LogP contribution in [0.3, 0.4) is 0 Å². The zero-order valence-corrected chi connectivity index (χ0v) is 23.1. The third-order valence-corrected chi connectivity index (χ3v) is 7.66. The van der Waals surface area contributed by atoms with Gasteiger partial charge in [-0.25, -0.2) is 14.4 Å². The molecule has 3 atom stereocenters. The minimum atomic E-state index is -0.385. The van der Waals surface area contributed by atoms with E-state index < -0.39 is 0 Å². The Morgan fingerprint density at radius 2 is 1.98 bits per heavy atom. The van der Waals surface area contributed by atoms with E-state index in [9.17, 15) is 4.79 Å². The van der Waals surface area contributed by atoms with Gasteiger partial charge in [-0.15, -0.1) is 0 Å². The molecule has 0 radical (unpaired) electrons. The van der Waals surface area contributed by atoms with Gasteiger partial charge in [0.2, 0.25) is 0 Å². The SMILES string of the molecule is COc1ccc(Cl)cc1C(=O)N[C@H]1C[C@H](OC)C[C@@H](n2c(-c3ccccc3F)nc3cnc(-c4ncn[nH]4)cc32)C1. The minimum absolute atomic E-state index is 0.165. The summed E-state index contributed by atoms with van der Waals surface area (Å²) in [5.74, 6) is 0.720. The molecular weight excluding hydrogens is 549 g/mol. The number of amides is 1. The maximum Gasteiger partial charge on any atom is 0.255 e. The maximum atomic E-state index is 15.1. The molecule has 1 amide bonds. The highest BCUT2D eigenvalue weighted by molar-refractivity contribution is 6.31. The first-order chi connectivity index (χ1) is 19.9. The van der Waals surface area contributed by atoms with E-state index in [1.165, 1.54) is 19.5 Å². The minimum Gasteiger partial charge on any atom is -0.496 e. The van der Waals surface area contributed by atoms with E-state index in [1.54, 1.807) is 49.7 Å². The molecule has 10 nitrogen and oxygen atoms in total. The van der Waals surface area contributed by atoms with Gasteiger partial charge in [0.15, 0.2) is 5.82 Å². The fraction of sp³-hybridized carbons (Fsp3) is 0.276. The molecule has 2 aromatic carbocycles. The van der Waals surface area contributed by atoms with Gasteiger partial charge in [-0.05, 0) is 55.7 Å². The summed E-state index contributed by atoms with van der Waals surface area (Å²) in [6.45, 7) is 0. The summed E-state index contributed by atoms with van der Waals surface area (Å²) in [4.78, 5) is 26.9. The highest BCUT2D eigenvalue weighted by Gasteiger charge is 2.34. The van der Waals surface area contributed by atoms with Crippen LogP contribution in [0.5, 0.6) is 5.75 Å². The van der Waals surface area contributed by atoms with Crippen LogP contribution in [-0.2, 0) is 4.74 Å². The van der Waals surface area contributed by atoms with Gasteiger partial charge in [-0.2, -0.15) is 5.10 Å². The predicted octanol–water partition coefficient (Wildman–Crippen LogP) is 5.22. The van der Waals surface area contributed by atoms with Gasteiger partial charge in [0.25, 0.3) is 5.91 Å². The topological polar surface area (TPSA) is 120 Å². The van der Waals surface area contributed by atoms with Gasteiger partial charge in [0, 0.05) is 24.2 Å². The third kappa shape index (κ3) is 5.25. The molecule has 0 saturated heterocycles. The van der Waals surface area contributed by atoms with Gasteiger partial charge in [-0.1, -0.05) is 23.7 Å². The maximum absolute atomic E-state index is 15.1. The number of aromatic amines is 1. The lowest BCUT2D eigenvalue weighted by atomic mass is 9.87. The number of imidazole rings is 1. The Morgan fingerprint density at radius 1 is 1.12 bits per heavy atom. The number of aromatic nitrogens is 6. The van der Waals surface area contributed by atoms with Crippen molar-refractivity contribution in [3.05, 3.63) is 77.5 Å². The molecule has 0 unspecified atom stereocenters. The fourth-order valence-electron chi connectivity index (χ4n) is 5.54. The van der Waals surface area contributed by atoms with Crippen molar-refractivity contribution >= 4 is 28.5 Å². The number of H-pyrrole nitrogens is 1. The molecule has 0 aliphatic heterocycles. The lowest BCUT2D eigenvalue weighted by molar-refractivity contribution is 0.0397. The highest BCUT2D eigenvalue weighted by Crippen LogP contribution is 2.38. The number of rotatable bonds is 7. The van der Waals surface area contributed by atoms with E-state index in [4.69, 9.17) is 26.1 Å². The number of pyridine rings is 1. The van der Waals surface area contributed by atoms with Crippen LogP contribution in [0.15, 0.2) is 61.1 Å². The normalized spacial score (nSPS) is 18.9. The second-order valence-corrected chi connectivity index (χ2v) is 10.3. The largest absolute Gasteiger partial charge is 0.496 e. The van der Waals surface area contributed by atoms with Crippen molar-refractivity contribution in [2.75, 3.05) is 14.2 Å². The Hall–Kier alpha value is -4.35. The molecular formula is C29H27ClFN7O3. The number of hydrogen-bond acceptors (Lipinski definition) is 7. The summed E-state index contributed by atoms with van der Waals surface area (Å²) in [5.41, 5.74) is 2.66. The molecule has 3 aromatic heterocycles. The van der Waals surface area contributed by atoms with Gasteiger partial charge < -0.3 is 19.4 Å². The quantitative estimate of drug-likeness (QED) is 0.273. The number of hydrogen-bond donors (Lipinski definition) is 2. The van der Waals surface area contributed by atoms with Crippen LogP contribution in [0.1, 0.15) is 35.7 Å². The second kappa shape index (κ2) is 11.3. The summed E-state index contributed by atoms with van der Waals surface area (Å²) in [6.07, 6.45) is 4.69. The molecule has 210 valence electrons. The van der Waals surface area contributed by atoms with Crippen LogP contribution >= 0.6 is 11.6 Å². The number of fused-ring (bicyclic) bond motifs is 1. The van der Waals surface area contributed by atoms with Crippen LogP contribution in [0.2, 0.25) is 5.02 Å². The van der Waals surface area contributed by atoms with Crippen molar-refractivity contribution in [1.29, 1.82) is 0 Å². The van der Waals surface area contributed by atoms with Crippen molar-refractivity contribution in [3.8, 4) is 28.7 Å². The Balaban J connectivity index is 1.42. The average Bonchev–Trinajstić information content (AvgIpc) is 3.65. The summed E-state index contributed by atoms with van der Waals surface area (Å²) < 4.78 is 28.4. The lowest BCUT2D eigenvalue weighted by Gasteiger charge is -2.36. The molecule has 5 aromatic rings. The van der Waals surface area contributed by atoms with Crippen LogP contribution in [0.4, 0.5) is 4.39 Å². The van der Waals surface area contributed by atoms with E-state index in [2.05, 4.69) is 25.5 Å². The Morgan fingerprint density at radius 3 is 2.73 bits per heavy atom. The number of carbonyl (C=O) groups excluding carboxylic acids is 1. The highest BCUT2D eigenvalue weighted by atomic mass is 35.5. The molecule has 12 heteroatoms. The summed E-state index contributed by atoms with van der Waals surface area (Å²) in [7, 11) is 3.16. The monoisotopic (exact) mass is 575 g/mol. The van der Waals surface area contributed by atoms with Gasteiger partial charge >= 0.3 is 0 Å². The van der Waals surface area contributed by atoms with E-state index in [0.717, 1.165) is 5.52 Å².